The van der Waals surface area contributed by atoms with Crippen molar-refractivity contribution < 1.29 is 32.9 Å². The Kier molecular flexibility index (Phi) is 44.5. The molecule has 0 aromatic carbocycles. The number of amides is 1. The minimum atomic E-state index is -4.36. The number of aliphatic hydroxyl groups excluding tert-OH is 1. The number of nitrogens with one attached hydrogen (secondary N) is 1. The van der Waals surface area contributed by atoms with Crippen LogP contribution in [0.5, 0.6) is 0 Å². The molecule has 63 heavy (non-hydrogen) atoms. The molecule has 3 N–H and O–H groups in total. The Bertz CT molecular complexity index is 1170. The van der Waals surface area contributed by atoms with Crippen LogP contribution in [0.2, 0.25) is 0 Å². The summed E-state index contributed by atoms with van der Waals surface area (Å²) in [4.78, 5) is 23.2. The number of phosphoric acid groups is 1. The number of rotatable bonds is 48. The molecule has 3 atom stereocenters. The highest BCUT2D eigenvalue weighted by Crippen LogP contribution is 2.43. The summed E-state index contributed by atoms with van der Waals surface area (Å²) < 4.78 is 23.6. The Balaban J connectivity index is 4.38. The summed E-state index contributed by atoms with van der Waals surface area (Å²) in [5.41, 5.74) is 0. The molecule has 0 aromatic rings. The van der Waals surface area contributed by atoms with Crippen LogP contribution in [-0.2, 0) is 18.4 Å². The zero-order chi connectivity index (χ0) is 46.4. The summed E-state index contributed by atoms with van der Waals surface area (Å²) in [7, 11) is 1.54. The first-order valence-electron chi connectivity index (χ1n) is 26.5. The average molecular weight is 908 g/mol. The Hall–Kier alpha value is -1.54. The molecule has 0 radical (unpaired) electrons. The molecule has 0 aliphatic rings. The smallest absolute Gasteiger partial charge is 0.387 e. The van der Waals surface area contributed by atoms with Crippen LogP contribution in [0.4, 0.5) is 0 Å². The van der Waals surface area contributed by atoms with Crippen LogP contribution >= 0.6 is 7.82 Å². The summed E-state index contributed by atoms with van der Waals surface area (Å²) in [6.07, 6.45) is 59.1. The highest BCUT2D eigenvalue weighted by atomic mass is 31.2. The van der Waals surface area contributed by atoms with Gasteiger partial charge in [-0.25, -0.2) is 4.57 Å². The molecule has 0 aliphatic heterocycles. The minimum absolute atomic E-state index is 0.0521. The first kappa shape index (κ1) is 61.5. The Labute approximate surface area is 390 Å². The van der Waals surface area contributed by atoms with Crippen LogP contribution in [0.15, 0.2) is 48.6 Å². The second-order valence-corrected chi connectivity index (χ2v) is 20.7. The number of hydrogen-bond donors (Lipinski definition) is 3. The Morgan fingerprint density at radius 1 is 0.524 bits per heavy atom. The van der Waals surface area contributed by atoms with Gasteiger partial charge in [-0.05, 0) is 70.6 Å². The lowest BCUT2D eigenvalue weighted by molar-refractivity contribution is -0.870. The third-order valence-corrected chi connectivity index (χ3v) is 12.7. The minimum Gasteiger partial charge on any atom is -0.387 e. The van der Waals surface area contributed by atoms with Gasteiger partial charge in [0.1, 0.15) is 13.2 Å². The van der Waals surface area contributed by atoms with Gasteiger partial charge in [0, 0.05) is 6.42 Å². The van der Waals surface area contributed by atoms with Crippen molar-refractivity contribution >= 4 is 13.7 Å². The molecule has 1 amide bonds. The maximum absolute atomic E-state index is 12.9. The Morgan fingerprint density at radius 3 is 1.27 bits per heavy atom. The fourth-order valence-electron chi connectivity index (χ4n) is 7.54. The standard InChI is InChI=1S/C54H103N2O6P/c1-6-8-10-12-14-16-18-20-22-24-26-28-29-31-33-35-37-39-41-43-45-47-53(57)52(51-62-63(59,60)61-50-49-56(3,4)5)55-54(58)48-46-44-42-40-38-36-34-32-30-27-25-23-21-19-17-15-13-11-9-7-2/h27,29-31,37,39,45,47,52-53,57H,6-26,28,32-36,38,40-44,46,48-51H2,1-5H3,(H-,55,58,59,60)/p+1/b30-27-,31-29+,39-37+,47-45+. The number of unbranched alkanes of at least 4 members (excludes halogenated alkanes) is 29. The molecule has 0 aromatic heterocycles. The van der Waals surface area contributed by atoms with Gasteiger partial charge in [0.2, 0.25) is 5.91 Å². The maximum Gasteiger partial charge on any atom is 0.472 e. The third-order valence-electron chi connectivity index (χ3n) is 11.7. The van der Waals surface area contributed by atoms with Crippen LogP contribution in [0.3, 0.4) is 0 Å². The van der Waals surface area contributed by atoms with E-state index in [1.54, 1.807) is 6.08 Å². The molecule has 9 heteroatoms. The maximum atomic E-state index is 12.9. The quantitative estimate of drug-likeness (QED) is 0.0243. The molecule has 0 fully saturated rings. The molecular weight excluding hydrogens is 804 g/mol. The van der Waals surface area contributed by atoms with Gasteiger partial charge in [0.15, 0.2) is 0 Å². The van der Waals surface area contributed by atoms with Gasteiger partial charge < -0.3 is 19.8 Å². The van der Waals surface area contributed by atoms with E-state index in [1.807, 2.05) is 27.2 Å². The largest absolute Gasteiger partial charge is 0.472 e. The van der Waals surface area contributed by atoms with Crippen LogP contribution in [0, 0.1) is 0 Å². The topological polar surface area (TPSA) is 105 Å². The molecule has 0 rings (SSSR count). The van der Waals surface area contributed by atoms with Gasteiger partial charge in [-0.2, -0.15) is 0 Å². The van der Waals surface area contributed by atoms with Crippen molar-refractivity contribution in [1.29, 1.82) is 0 Å². The summed E-state index contributed by atoms with van der Waals surface area (Å²) in [6.45, 7) is 4.80. The first-order chi connectivity index (χ1) is 30.5. The van der Waals surface area contributed by atoms with Gasteiger partial charge >= 0.3 is 7.82 Å². The molecule has 0 heterocycles. The molecular formula is C54H104N2O6P+. The predicted molar refractivity (Wildman–Crippen MR) is 272 cm³/mol. The monoisotopic (exact) mass is 908 g/mol. The zero-order valence-corrected chi connectivity index (χ0v) is 43.0. The van der Waals surface area contributed by atoms with E-state index in [0.29, 0.717) is 17.4 Å². The highest BCUT2D eigenvalue weighted by Gasteiger charge is 2.27. The van der Waals surface area contributed by atoms with Crippen molar-refractivity contribution in [1.82, 2.24) is 5.32 Å². The van der Waals surface area contributed by atoms with Gasteiger partial charge in [-0.15, -0.1) is 0 Å². The van der Waals surface area contributed by atoms with E-state index >= 15 is 0 Å². The van der Waals surface area contributed by atoms with Crippen LogP contribution in [0.1, 0.15) is 239 Å². The molecule has 370 valence electrons. The van der Waals surface area contributed by atoms with Crippen LogP contribution in [0.25, 0.3) is 0 Å². The molecule has 3 unspecified atom stereocenters. The third kappa shape index (κ3) is 48.2. The number of allylic oxidation sites excluding steroid dienone is 7. The molecule has 0 spiro atoms. The van der Waals surface area contributed by atoms with E-state index in [1.165, 1.54) is 173 Å². The van der Waals surface area contributed by atoms with E-state index in [9.17, 15) is 19.4 Å². The summed E-state index contributed by atoms with van der Waals surface area (Å²) in [5, 5.41) is 13.9. The fraction of sp³-hybridized carbons (Fsp3) is 0.833. The lowest BCUT2D eigenvalue weighted by Gasteiger charge is -2.25. The van der Waals surface area contributed by atoms with Gasteiger partial charge in [0.05, 0.1) is 39.9 Å². The SMILES string of the molecule is CCCCCCCCCCC/C=C\CCCCCCCCCC(=O)NC(COP(=O)(O)OCC[N+](C)(C)C)C(O)/C=C/CC/C=C/CC/C=C/CCCCCCCCCCCCC. The van der Waals surface area contributed by atoms with Crippen molar-refractivity contribution in [2.45, 2.75) is 251 Å². The lowest BCUT2D eigenvalue weighted by Crippen LogP contribution is -2.45. The zero-order valence-electron chi connectivity index (χ0n) is 42.1. The van der Waals surface area contributed by atoms with Crippen molar-refractivity contribution in [2.75, 3.05) is 40.9 Å². The molecule has 0 saturated carbocycles. The van der Waals surface area contributed by atoms with Gasteiger partial charge in [0.25, 0.3) is 0 Å². The first-order valence-corrected chi connectivity index (χ1v) is 28.0. The summed E-state index contributed by atoms with van der Waals surface area (Å²) in [6, 6.07) is -0.872. The van der Waals surface area contributed by atoms with E-state index < -0.39 is 20.0 Å². The van der Waals surface area contributed by atoms with Crippen molar-refractivity contribution in [3.05, 3.63) is 48.6 Å². The normalized spacial score (nSPS) is 14.5. The van der Waals surface area contributed by atoms with Crippen molar-refractivity contribution in [3.8, 4) is 0 Å². The number of aliphatic hydroxyl groups is 1. The number of likely N-dealkylation sites (N-methyl/N-ethyl adjacent to an activating group) is 1. The molecule has 0 saturated heterocycles. The number of carbonyl (C=O) groups is 1. The molecule has 8 nitrogen and oxygen atoms in total. The van der Waals surface area contributed by atoms with E-state index in [-0.39, 0.29) is 19.1 Å². The van der Waals surface area contributed by atoms with Crippen molar-refractivity contribution in [3.63, 3.8) is 0 Å². The highest BCUT2D eigenvalue weighted by molar-refractivity contribution is 7.47. The van der Waals surface area contributed by atoms with E-state index in [2.05, 4.69) is 55.6 Å². The van der Waals surface area contributed by atoms with E-state index in [0.717, 1.165) is 44.9 Å². The molecule has 0 aliphatic carbocycles. The fourth-order valence-corrected chi connectivity index (χ4v) is 8.27. The number of nitrogens with zero attached hydrogens (tertiary/aromatic N) is 1. The molecule has 0 bridgehead atoms. The summed E-state index contributed by atoms with van der Waals surface area (Å²) in [5.74, 6) is -0.195. The van der Waals surface area contributed by atoms with E-state index in [4.69, 9.17) is 9.05 Å². The Morgan fingerprint density at radius 2 is 0.873 bits per heavy atom. The van der Waals surface area contributed by atoms with Gasteiger partial charge in [-0.1, -0.05) is 210 Å². The average Bonchev–Trinajstić information content (AvgIpc) is 3.24. The van der Waals surface area contributed by atoms with Crippen LogP contribution in [-0.4, -0.2) is 73.4 Å². The predicted octanol–water partition coefficient (Wildman–Crippen LogP) is 15.6. The van der Waals surface area contributed by atoms with Gasteiger partial charge in [-0.3, -0.25) is 13.8 Å². The van der Waals surface area contributed by atoms with Crippen LogP contribution < -0.4 is 5.32 Å². The lowest BCUT2D eigenvalue weighted by atomic mass is 10.1. The number of carbonyl (C=O) groups excluding carboxylic acids is 1. The summed E-state index contributed by atoms with van der Waals surface area (Å²) >= 11 is 0. The second kappa shape index (κ2) is 45.6. The number of hydrogen-bond acceptors (Lipinski definition) is 5. The second-order valence-electron chi connectivity index (χ2n) is 19.2. The van der Waals surface area contributed by atoms with Crippen molar-refractivity contribution in [2.24, 2.45) is 0 Å². The number of phosphoric ester groups is 1. The number of quaternary nitrogens is 1.